The van der Waals surface area contributed by atoms with E-state index in [0.717, 1.165) is 6.42 Å². The molecule has 114 valence electrons. The van der Waals surface area contributed by atoms with Crippen molar-refractivity contribution in [1.82, 2.24) is 9.71 Å². The molecule has 0 fully saturated rings. The number of hydrogen-bond acceptors (Lipinski definition) is 4. The lowest BCUT2D eigenvalue weighted by Gasteiger charge is -2.29. The van der Waals surface area contributed by atoms with Crippen LogP contribution in [0.5, 0.6) is 0 Å². The molecule has 5 nitrogen and oxygen atoms in total. The highest BCUT2D eigenvalue weighted by molar-refractivity contribution is 7.89. The Labute approximate surface area is 125 Å². The third-order valence-corrected chi connectivity index (χ3v) is 5.36. The molecule has 20 heavy (non-hydrogen) atoms. The third kappa shape index (κ3) is 4.15. The molecule has 0 saturated carbocycles. The highest BCUT2D eigenvalue weighted by Crippen LogP contribution is 2.21. The van der Waals surface area contributed by atoms with Crippen molar-refractivity contribution in [3.63, 3.8) is 0 Å². The number of nitrogens with one attached hydrogen (secondary N) is 1. The zero-order valence-electron chi connectivity index (χ0n) is 12.1. The fourth-order valence-corrected chi connectivity index (χ4v) is 2.89. The topological polar surface area (TPSA) is 79.3 Å². The van der Waals surface area contributed by atoms with Gasteiger partial charge in [-0.15, -0.1) is 0 Å². The molecule has 2 N–H and O–H groups in total. The van der Waals surface area contributed by atoms with Crippen molar-refractivity contribution in [3.8, 4) is 0 Å². The molecule has 1 rings (SSSR count). The van der Waals surface area contributed by atoms with Crippen LogP contribution in [0.4, 0.5) is 0 Å². The smallest absolute Gasteiger partial charge is 0.242 e. The van der Waals surface area contributed by atoms with E-state index in [1.54, 1.807) is 13.8 Å². The van der Waals surface area contributed by atoms with Crippen LogP contribution in [0.25, 0.3) is 0 Å². The van der Waals surface area contributed by atoms with E-state index in [0.29, 0.717) is 5.56 Å². The Morgan fingerprint density at radius 1 is 1.55 bits per heavy atom. The molecule has 0 aliphatic heterocycles. The molecule has 1 aromatic rings. The van der Waals surface area contributed by atoms with Crippen LogP contribution in [0.15, 0.2) is 17.2 Å². The maximum atomic E-state index is 12.1. The van der Waals surface area contributed by atoms with Crippen LogP contribution in [-0.4, -0.2) is 30.7 Å². The summed E-state index contributed by atoms with van der Waals surface area (Å²) in [7, 11) is -3.71. The Kier molecular flexibility index (Phi) is 5.54. The summed E-state index contributed by atoms with van der Waals surface area (Å²) in [6, 6.07) is 1.45. The summed E-state index contributed by atoms with van der Waals surface area (Å²) in [5, 5.41) is 10.5. The van der Waals surface area contributed by atoms with Crippen LogP contribution < -0.4 is 4.72 Å². The quantitative estimate of drug-likeness (QED) is 0.787. The first-order valence-corrected chi connectivity index (χ1v) is 8.30. The molecule has 0 aliphatic rings. The zero-order chi connectivity index (χ0) is 15.6. The minimum absolute atomic E-state index is 0.0183. The lowest BCUT2D eigenvalue weighted by Crippen LogP contribution is -2.45. The van der Waals surface area contributed by atoms with Crippen molar-refractivity contribution in [2.24, 2.45) is 5.92 Å². The highest BCUT2D eigenvalue weighted by Gasteiger charge is 2.29. The minimum Gasteiger partial charge on any atom is -0.389 e. The SMILES string of the molecule is CCC(C)C(C)(O)CNS(=O)(=O)c1cnc(Cl)c(C)c1. The number of aliphatic hydroxyl groups is 1. The molecule has 0 saturated heterocycles. The number of aryl methyl sites for hydroxylation is 1. The number of halogens is 1. The van der Waals surface area contributed by atoms with Crippen molar-refractivity contribution in [3.05, 3.63) is 23.0 Å². The third-order valence-electron chi connectivity index (χ3n) is 3.59. The summed E-state index contributed by atoms with van der Waals surface area (Å²) in [5.74, 6) is -0.0183. The van der Waals surface area contributed by atoms with Gasteiger partial charge in [-0.2, -0.15) is 0 Å². The maximum Gasteiger partial charge on any atom is 0.242 e. The van der Waals surface area contributed by atoms with Crippen LogP contribution in [-0.2, 0) is 10.0 Å². The molecule has 7 heteroatoms. The molecule has 0 spiro atoms. The van der Waals surface area contributed by atoms with Gasteiger partial charge in [-0.3, -0.25) is 0 Å². The summed E-state index contributed by atoms with van der Waals surface area (Å²) < 4.78 is 26.7. The van der Waals surface area contributed by atoms with Gasteiger partial charge in [0.1, 0.15) is 10.0 Å². The van der Waals surface area contributed by atoms with Crippen LogP contribution in [0.2, 0.25) is 5.15 Å². The van der Waals surface area contributed by atoms with E-state index in [4.69, 9.17) is 11.6 Å². The van der Waals surface area contributed by atoms with E-state index in [1.807, 2.05) is 13.8 Å². The number of rotatable bonds is 6. The predicted molar refractivity (Wildman–Crippen MR) is 79.3 cm³/mol. The van der Waals surface area contributed by atoms with Gasteiger partial charge in [0, 0.05) is 12.7 Å². The first kappa shape index (κ1) is 17.4. The summed E-state index contributed by atoms with van der Waals surface area (Å²) >= 11 is 5.77. The lowest BCUT2D eigenvalue weighted by atomic mass is 9.89. The lowest BCUT2D eigenvalue weighted by molar-refractivity contribution is 0.0102. The zero-order valence-corrected chi connectivity index (χ0v) is 13.7. The minimum atomic E-state index is -3.71. The Balaban J connectivity index is 2.88. The van der Waals surface area contributed by atoms with Crippen molar-refractivity contribution in [2.75, 3.05) is 6.54 Å². The van der Waals surface area contributed by atoms with E-state index < -0.39 is 15.6 Å². The molecule has 0 bridgehead atoms. The Bertz CT molecular complexity index is 573. The largest absolute Gasteiger partial charge is 0.389 e. The Hall–Kier alpha value is -0.690. The van der Waals surface area contributed by atoms with Gasteiger partial charge in [0.05, 0.1) is 5.60 Å². The van der Waals surface area contributed by atoms with Gasteiger partial charge in [-0.25, -0.2) is 18.1 Å². The Morgan fingerprint density at radius 2 is 2.15 bits per heavy atom. The van der Waals surface area contributed by atoms with Gasteiger partial charge < -0.3 is 5.11 Å². The van der Waals surface area contributed by atoms with Crippen LogP contribution in [0.1, 0.15) is 32.8 Å². The van der Waals surface area contributed by atoms with E-state index in [-0.39, 0.29) is 22.5 Å². The first-order chi connectivity index (χ1) is 9.10. The summed E-state index contributed by atoms with van der Waals surface area (Å²) in [6.07, 6.45) is 1.96. The number of hydrogen-bond donors (Lipinski definition) is 2. The second-order valence-electron chi connectivity index (χ2n) is 5.27. The van der Waals surface area contributed by atoms with Crippen molar-refractivity contribution in [1.29, 1.82) is 0 Å². The molecule has 1 aromatic heterocycles. The molecular weight excluding hydrogens is 300 g/mol. The van der Waals surface area contributed by atoms with E-state index in [9.17, 15) is 13.5 Å². The van der Waals surface area contributed by atoms with E-state index >= 15 is 0 Å². The van der Waals surface area contributed by atoms with Crippen LogP contribution in [0, 0.1) is 12.8 Å². The molecule has 1 heterocycles. The normalized spacial score (nSPS) is 16.7. The van der Waals surface area contributed by atoms with Gasteiger partial charge in [0.25, 0.3) is 0 Å². The van der Waals surface area contributed by atoms with Gasteiger partial charge >= 0.3 is 0 Å². The molecular formula is C13H21ClN2O3S. The number of sulfonamides is 1. The van der Waals surface area contributed by atoms with E-state index in [1.165, 1.54) is 12.3 Å². The first-order valence-electron chi connectivity index (χ1n) is 6.44. The van der Waals surface area contributed by atoms with Crippen molar-refractivity contribution >= 4 is 21.6 Å². The molecule has 2 atom stereocenters. The standard InChI is InChI=1S/C13H21ClN2O3S/c1-5-10(3)13(4,17)8-16-20(18,19)11-6-9(2)12(14)15-7-11/h6-7,10,16-17H,5,8H2,1-4H3. The summed E-state index contributed by atoms with van der Waals surface area (Å²) in [5.41, 5.74) is -0.514. The molecule has 2 unspecified atom stereocenters. The van der Waals surface area contributed by atoms with Gasteiger partial charge in [-0.1, -0.05) is 31.9 Å². The van der Waals surface area contributed by atoms with Crippen LogP contribution >= 0.6 is 11.6 Å². The molecule has 0 aromatic carbocycles. The molecule has 0 radical (unpaired) electrons. The molecule has 0 aliphatic carbocycles. The van der Waals surface area contributed by atoms with Gasteiger partial charge in [0.15, 0.2) is 0 Å². The number of aromatic nitrogens is 1. The monoisotopic (exact) mass is 320 g/mol. The average molecular weight is 321 g/mol. The number of pyridine rings is 1. The highest BCUT2D eigenvalue weighted by atomic mass is 35.5. The maximum absolute atomic E-state index is 12.1. The average Bonchev–Trinajstić information content (AvgIpc) is 2.38. The fraction of sp³-hybridized carbons (Fsp3) is 0.615. The molecule has 0 amide bonds. The second-order valence-corrected chi connectivity index (χ2v) is 7.39. The summed E-state index contributed by atoms with van der Waals surface area (Å²) in [6.45, 7) is 7.08. The van der Waals surface area contributed by atoms with Crippen molar-refractivity contribution in [2.45, 2.75) is 44.6 Å². The van der Waals surface area contributed by atoms with Gasteiger partial charge in [0.2, 0.25) is 10.0 Å². The van der Waals surface area contributed by atoms with Crippen molar-refractivity contribution < 1.29 is 13.5 Å². The van der Waals surface area contributed by atoms with Gasteiger partial charge in [-0.05, 0) is 31.4 Å². The predicted octanol–water partition coefficient (Wildman–Crippen LogP) is 2.12. The van der Waals surface area contributed by atoms with Crippen LogP contribution in [0.3, 0.4) is 0 Å². The number of nitrogens with zero attached hydrogens (tertiary/aromatic N) is 1. The fourth-order valence-electron chi connectivity index (χ4n) is 1.62. The second kappa shape index (κ2) is 6.39. The summed E-state index contributed by atoms with van der Waals surface area (Å²) in [4.78, 5) is 3.87. The Morgan fingerprint density at radius 3 is 2.65 bits per heavy atom. The van der Waals surface area contributed by atoms with E-state index in [2.05, 4.69) is 9.71 Å².